The van der Waals surface area contributed by atoms with Crippen LogP contribution in [-0.4, -0.2) is 55.8 Å². The molecule has 31 heavy (non-hydrogen) atoms. The fraction of sp³-hybridized carbons (Fsp3) is 0.348. The molecule has 1 aromatic heterocycles. The van der Waals surface area contributed by atoms with Crippen molar-refractivity contribution in [1.29, 1.82) is 0 Å². The molecule has 0 atom stereocenters. The zero-order valence-corrected chi connectivity index (χ0v) is 19.2. The van der Waals surface area contributed by atoms with Crippen LogP contribution in [0.25, 0.3) is 5.69 Å². The van der Waals surface area contributed by atoms with Crippen molar-refractivity contribution in [2.75, 3.05) is 38.2 Å². The summed E-state index contributed by atoms with van der Waals surface area (Å²) in [4.78, 5) is 2.46. The first-order valence-corrected chi connectivity index (χ1v) is 11.8. The highest BCUT2D eigenvalue weighted by molar-refractivity contribution is 7.89. The van der Waals surface area contributed by atoms with Crippen molar-refractivity contribution >= 4 is 15.7 Å². The maximum absolute atomic E-state index is 13.3. The van der Waals surface area contributed by atoms with E-state index >= 15 is 0 Å². The molecule has 1 saturated heterocycles. The quantitative estimate of drug-likeness (QED) is 0.609. The van der Waals surface area contributed by atoms with Gasteiger partial charge in [-0.3, -0.25) is 0 Å². The Morgan fingerprint density at radius 2 is 1.61 bits per heavy atom. The van der Waals surface area contributed by atoms with Gasteiger partial charge in [-0.25, -0.2) is 13.1 Å². The molecule has 1 fully saturated rings. The first-order chi connectivity index (χ1) is 14.8. The average molecular weight is 441 g/mol. The maximum Gasteiger partial charge on any atom is 0.246 e. The Kier molecular flexibility index (Phi) is 5.77. The lowest BCUT2D eigenvalue weighted by Crippen LogP contribution is -2.49. The summed E-state index contributed by atoms with van der Waals surface area (Å²) in [5.41, 5.74) is 4.98. The number of aromatic nitrogens is 2. The number of ether oxygens (including phenoxy) is 1. The number of sulfonamides is 1. The van der Waals surface area contributed by atoms with Gasteiger partial charge in [-0.2, -0.15) is 9.40 Å². The fourth-order valence-corrected chi connectivity index (χ4v) is 5.85. The average Bonchev–Trinajstić information content (AvgIpc) is 3.08. The SMILES string of the molecule is COc1ccc(C)cc1S(=O)(=O)N1CCN(c2c(C)nn(-c3ccccc3)c2C)CC1. The number of hydrogen-bond acceptors (Lipinski definition) is 5. The van der Waals surface area contributed by atoms with Crippen molar-refractivity contribution in [2.45, 2.75) is 25.7 Å². The lowest BCUT2D eigenvalue weighted by atomic mass is 10.2. The second-order valence-electron chi connectivity index (χ2n) is 7.81. The summed E-state index contributed by atoms with van der Waals surface area (Å²) in [5, 5.41) is 4.73. The van der Waals surface area contributed by atoms with Gasteiger partial charge in [-0.05, 0) is 50.6 Å². The van der Waals surface area contributed by atoms with E-state index in [1.54, 1.807) is 16.4 Å². The van der Waals surface area contributed by atoms with Crippen molar-refractivity contribution in [2.24, 2.45) is 0 Å². The van der Waals surface area contributed by atoms with Crippen molar-refractivity contribution < 1.29 is 13.2 Å². The Balaban J connectivity index is 1.56. The molecule has 0 aliphatic carbocycles. The molecular weight excluding hydrogens is 412 g/mol. The fourth-order valence-electron chi connectivity index (χ4n) is 4.19. The lowest BCUT2D eigenvalue weighted by Gasteiger charge is -2.35. The minimum Gasteiger partial charge on any atom is -0.495 e. The zero-order valence-electron chi connectivity index (χ0n) is 18.4. The molecule has 0 saturated carbocycles. The molecule has 0 amide bonds. The molecule has 4 rings (SSSR count). The zero-order chi connectivity index (χ0) is 22.2. The van der Waals surface area contributed by atoms with E-state index in [1.807, 2.05) is 54.9 Å². The molecule has 1 aliphatic rings. The predicted octanol–water partition coefficient (Wildman–Crippen LogP) is 3.32. The Morgan fingerprint density at radius 3 is 2.26 bits per heavy atom. The summed E-state index contributed by atoms with van der Waals surface area (Å²) in [6, 6.07) is 15.3. The molecule has 0 spiro atoms. The molecule has 2 heterocycles. The number of hydrogen-bond donors (Lipinski definition) is 0. The summed E-state index contributed by atoms with van der Waals surface area (Å²) >= 11 is 0. The first-order valence-electron chi connectivity index (χ1n) is 10.3. The van der Waals surface area contributed by atoms with Crippen LogP contribution in [0.15, 0.2) is 53.4 Å². The monoisotopic (exact) mass is 440 g/mol. The van der Waals surface area contributed by atoms with Crippen LogP contribution < -0.4 is 9.64 Å². The highest BCUT2D eigenvalue weighted by Crippen LogP contribution is 2.31. The number of nitrogens with zero attached hydrogens (tertiary/aromatic N) is 4. The van der Waals surface area contributed by atoms with Crippen LogP contribution >= 0.6 is 0 Å². The number of rotatable bonds is 5. The summed E-state index contributed by atoms with van der Waals surface area (Å²) in [6.07, 6.45) is 0. The molecule has 2 aromatic carbocycles. The van der Waals surface area contributed by atoms with Gasteiger partial charge in [-0.1, -0.05) is 24.3 Å². The number of methoxy groups -OCH3 is 1. The normalized spacial score (nSPS) is 15.3. The molecule has 3 aromatic rings. The molecule has 164 valence electrons. The van der Waals surface area contributed by atoms with Gasteiger partial charge in [0.15, 0.2) is 0 Å². The van der Waals surface area contributed by atoms with Crippen molar-refractivity contribution in [3.63, 3.8) is 0 Å². The number of para-hydroxylation sites is 1. The molecule has 1 aliphatic heterocycles. The van der Waals surface area contributed by atoms with Gasteiger partial charge in [0.1, 0.15) is 10.6 Å². The third kappa shape index (κ3) is 3.93. The van der Waals surface area contributed by atoms with Gasteiger partial charge in [0.05, 0.1) is 29.9 Å². The topological polar surface area (TPSA) is 67.7 Å². The summed E-state index contributed by atoms with van der Waals surface area (Å²) in [6.45, 7) is 7.98. The molecule has 0 bridgehead atoms. The van der Waals surface area contributed by atoms with E-state index in [2.05, 4.69) is 11.8 Å². The van der Waals surface area contributed by atoms with Crippen LogP contribution in [0.2, 0.25) is 0 Å². The van der Waals surface area contributed by atoms with Crippen LogP contribution in [0, 0.1) is 20.8 Å². The minimum absolute atomic E-state index is 0.229. The largest absolute Gasteiger partial charge is 0.495 e. The number of anilines is 1. The Labute approximate surface area is 183 Å². The Morgan fingerprint density at radius 1 is 0.935 bits per heavy atom. The second kappa shape index (κ2) is 8.36. The molecule has 7 nitrogen and oxygen atoms in total. The van der Waals surface area contributed by atoms with Crippen LogP contribution in [0.4, 0.5) is 5.69 Å². The van der Waals surface area contributed by atoms with Gasteiger partial charge in [0.25, 0.3) is 0 Å². The lowest BCUT2D eigenvalue weighted by molar-refractivity contribution is 0.374. The van der Waals surface area contributed by atoms with E-state index in [4.69, 9.17) is 9.84 Å². The van der Waals surface area contributed by atoms with Gasteiger partial charge < -0.3 is 9.64 Å². The number of benzene rings is 2. The van der Waals surface area contributed by atoms with Gasteiger partial charge in [0, 0.05) is 26.2 Å². The predicted molar refractivity (Wildman–Crippen MR) is 122 cm³/mol. The molecule has 0 unspecified atom stereocenters. The van der Waals surface area contributed by atoms with Gasteiger partial charge in [0.2, 0.25) is 10.0 Å². The smallest absolute Gasteiger partial charge is 0.246 e. The summed E-state index contributed by atoms with van der Waals surface area (Å²) < 4.78 is 35.4. The Bertz CT molecular complexity index is 1180. The number of aryl methyl sites for hydroxylation is 2. The van der Waals surface area contributed by atoms with Gasteiger partial charge >= 0.3 is 0 Å². The standard InChI is InChI=1S/C23H28N4O3S/c1-17-10-11-21(30-4)22(16-17)31(28,29)26-14-12-25(13-15-26)23-18(2)24-27(19(23)3)20-8-6-5-7-9-20/h5-11,16H,12-15H2,1-4H3. The minimum atomic E-state index is -3.63. The third-order valence-electron chi connectivity index (χ3n) is 5.75. The highest BCUT2D eigenvalue weighted by atomic mass is 32.2. The van der Waals surface area contributed by atoms with Crippen molar-refractivity contribution in [3.8, 4) is 11.4 Å². The van der Waals surface area contributed by atoms with E-state index in [9.17, 15) is 8.42 Å². The van der Waals surface area contributed by atoms with E-state index < -0.39 is 10.0 Å². The summed E-state index contributed by atoms with van der Waals surface area (Å²) in [5.74, 6) is 0.379. The molecule has 0 radical (unpaired) electrons. The van der Waals surface area contributed by atoms with Crippen LogP contribution in [0.3, 0.4) is 0 Å². The third-order valence-corrected chi connectivity index (χ3v) is 7.67. The Hall–Kier alpha value is -2.84. The van der Waals surface area contributed by atoms with E-state index in [0.717, 1.165) is 28.3 Å². The van der Waals surface area contributed by atoms with Crippen LogP contribution in [0.5, 0.6) is 5.75 Å². The summed E-state index contributed by atoms with van der Waals surface area (Å²) in [7, 11) is -2.13. The maximum atomic E-state index is 13.3. The van der Waals surface area contributed by atoms with Crippen LogP contribution in [-0.2, 0) is 10.0 Å². The molecule has 8 heteroatoms. The number of piperazine rings is 1. The van der Waals surface area contributed by atoms with E-state index in [0.29, 0.717) is 31.9 Å². The molecule has 0 N–H and O–H groups in total. The van der Waals surface area contributed by atoms with E-state index in [1.165, 1.54) is 7.11 Å². The first kappa shape index (κ1) is 21.4. The van der Waals surface area contributed by atoms with Crippen molar-refractivity contribution in [3.05, 3.63) is 65.5 Å². The highest BCUT2D eigenvalue weighted by Gasteiger charge is 2.32. The van der Waals surface area contributed by atoms with Gasteiger partial charge in [-0.15, -0.1) is 0 Å². The van der Waals surface area contributed by atoms with Crippen molar-refractivity contribution in [1.82, 2.24) is 14.1 Å². The van der Waals surface area contributed by atoms with E-state index in [-0.39, 0.29) is 4.90 Å². The molecular formula is C23H28N4O3S. The second-order valence-corrected chi connectivity index (χ2v) is 9.72. The van der Waals surface area contributed by atoms with Crippen LogP contribution in [0.1, 0.15) is 17.0 Å².